The van der Waals surface area contributed by atoms with Crippen molar-refractivity contribution in [2.24, 2.45) is 0 Å². The van der Waals surface area contributed by atoms with Gasteiger partial charge in [0.2, 0.25) is 0 Å². The van der Waals surface area contributed by atoms with Gasteiger partial charge in [0.1, 0.15) is 0 Å². The molecule has 0 atom stereocenters. The molecule has 2 aromatic carbocycles. The number of rotatable bonds is 1. The van der Waals surface area contributed by atoms with Crippen LogP contribution >= 0.6 is 11.3 Å². The molecule has 0 saturated carbocycles. The SMILES string of the molecule is CC(=O)/C=C(/C)O.[Ir].[c-]1cccc2[se]c3cccc4sc5ccnc(c12)c5c43. The van der Waals surface area contributed by atoms with Gasteiger partial charge < -0.3 is 5.11 Å². The summed E-state index contributed by atoms with van der Waals surface area (Å²) in [6.07, 6.45) is 3.09. The third-order valence-electron chi connectivity index (χ3n) is 4.06. The Morgan fingerprint density at radius 2 is 1.86 bits per heavy atom. The van der Waals surface area contributed by atoms with E-state index >= 15 is 0 Å². The Morgan fingerprint density at radius 1 is 1.11 bits per heavy atom. The first kappa shape index (κ1) is 20.9. The standard InChI is InChI=1S/C17H8NSSe.C5H8O2.Ir/c1-2-6-13-10(4-1)17-16-12(8-9-18-17)19-11-5-3-7-14(20-13)15(11)16;1-4(6)3-5(2)7;/h1-3,5-9H;3,6H,1-2H3;/q-1;;/b;4-3-;. The van der Waals surface area contributed by atoms with Gasteiger partial charge in [-0.25, -0.2) is 0 Å². The molecule has 0 bridgehead atoms. The number of hydrogen-bond donors (Lipinski definition) is 1. The molecule has 1 radical (unpaired) electrons. The van der Waals surface area contributed by atoms with E-state index < -0.39 is 0 Å². The molecule has 3 aromatic heterocycles. The van der Waals surface area contributed by atoms with Crippen molar-refractivity contribution in [1.82, 2.24) is 4.98 Å². The normalized spacial score (nSPS) is 11.4. The van der Waals surface area contributed by atoms with Crippen LogP contribution in [0.4, 0.5) is 0 Å². The maximum absolute atomic E-state index is 10.0. The zero-order valence-electron chi connectivity index (χ0n) is 15.1. The summed E-state index contributed by atoms with van der Waals surface area (Å²) in [6.45, 7) is 2.85. The van der Waals surface area contributed by atoms with Crippen molar-refractivity contribution < 1.29 is 30.0 Å². The minimum absolute atomic E-state index is 0. The van der Waals surface area contributed by atoms with Crippen molar-refractivity contribution in [3.05, 3.63) is 66.6 Å². The third kappa shape index (κ3) is 3.98. The van der Waals surface area contributed by atoms with E-state index in [-0.39, 0.29) is 31.6 Å². The monoisotopic (exact) mass is 631 g/mol. The first-order chi connectivity index (χ1) is 13.0. The minimum atomic E-state index is -0.125. The summed E-state index contributed by atoms with van der Waals surface area (Å²) in [5, 5.41) is 12.3. The van der Waals surface area contributed by atoms with Crippen molar-refractivity contribution in [3.8, 4) is 0 Å². The van der Waals surface area contributed by atoms with Crippen LogP contribution in [-0.4, -0.2) is 30.4 Å². The molecule has 3 heterocycles. The van der Waals surface area contributed by atoms with Crippen LogP contribution in [0.5, 0.6) is 0 Å². The van der Waals surface area contributed by atoms with Gasteiger partial charge in [0.15, 0.2) is 5.78 Å². The molecule has 28 heavy (non-hydrogen) atoms. The van der Waals surface area contributed by atoms with E-state index in [2.05, 4.69) is 47.4 Å². The molecule has 0 aliphatic carbocycles. The number of allylic oxidation sites excluding steroid dienone is 2. The van der Waals surface area contributed by atoms with E-state index in [0.717, 1.165) is 5.52 Å². The fourth-order valence-corrected chi connectivity index (χ4v) is 6.70. The summed E-state index contributed by atoms with van der Waals surface area (Å²) in [5.74, 6) is -0.0625. The second kappa shape index (κ2) is 8.69. The maximum atomic E-state index is 10.0. The summed E-state index contributed by atoms with van der Waals surface area (Å²) in [6, 6.07) is 18.5. The summed E-state index contributed by atoms with van der Waals surface area (Å²) in [7, 11) is 0. The molecule has 0 spiro atoms. The molecule has 0 aliphatic heterocycles. The van der Waals surface area contributed by atoms with Gasteiger partial charge in [0, 0.05) is 26.2 Å². The zero-order valence-corrected chi connectivity index (χ0v) is 20.1. The van der Waals surface area contributed by atoms with Gasteiger partial charge in [-0.05, 0) is 13.8 Å². The molecular formula is C22H16IrNO2SSe-. The van der Waals surface area contributed by atoms with Gasteiger partial charge in [-0.3, -0.25) is 4.79 Å². The van der Waals surface area contributed by atoms with Crippen LogP contribution in [0.15, 0.2) is 60.5 Å². The Bertz CT molecular complexity index is 1330. The van der Waals surface area contributed by atoms with Crippen molar-refractivity contribution in [2.75, 3.05) is 0 Å². The number of aromatic nitrogens is 1. The van der Waals surface area contributed by atoms with Gasteiger partial charge in [-0.15, -0.1) is 0 Å². The second-order valence-corrected chi connectivity index (χ2v) is 9.53. The van der Waals surface area contributed by atoms with Crippen molar-refractivity contribution in [1.29, 1.82) is 0 Å². The molecular weight excluding hydrogens is 613 g/mol. The quantitative estimate of drug-likeness (QED) is 0.113. The number of pyridine rings is 1. The second-order valence-electron chi connectivity index (χ2n) is 6.17. The third-order valence-corrected chi connectivity index (χ3v) is 7.53. The summed E-state index contributed by atoms with van der Waals surface area (Å²) in [4.78, 5) is 14.7. The molecule has 3 nitrogen and oxygen atoms in total. The van der Waals surface area contributed by atoms with Gasteiger partial charge >= 0.3 is 125 Å². The van der Waals surface area contributed by atoms with Crippen molar-refractivity contribution in [3.63, 3.8) is 0 Å². The predicted octanol–water partition coefficient (Wildman–Crippen LogP) is 5.65. The molecule has 0 unspecified atom stereocenters. The summed E-state index contributed by atoms with van der Waals surface area (Å²) in [5.41, 5.74) is 1.11. The fourth-order valence-electron chi connectivity index (χ4n) is 3.11. The predicted molar refractivity (Wildman–Crippen MR) is 115 cm³/mol. The first-order valence-corrected chi connectivity index (χ1v) is 10.9. The number of carbonyl (C=O) groups is 1. The summed E-state index contributed by atoms with van der Waals surface area (Å²) >= 11 is 2.19. The van der Waals surface area contributed by atoms with Gasteiger partial charge in [-0.2, -0.15) is 0 Å². The van der Waals surface area contributed by atoms with Crippen LogP contribution in [0.2, 0.25) is 0 Å². The average molecular weight is 630 g/mol. The van der Waals surface area contributed by atoms with Crippen LogP contribution in [0.25, 0.3) is 39.6 Å². The van der Waals surface area contributed by atoms with Crippen LogP contribution in [0.1, 0.15) is 13.8 Å². The fraction of sp³-hybridized carbons (Fsp3) is 0.0909. The Hall–Kier alpha value is -1.81. The van der Waals surface area contributed by atoms with E-state index in [1.807, 2.05) is 23.6 Å². The van der Waals surface area contributed by atoms with E-state index in [0.29, 0.717) is 14.5 Å². The van der Waals surface area contributed by atoms with Crippen molar-refractivity contribution >= 4 is 71.2 Å². The van der Waals surface area contributed by atoms with Crippen LogP contribution in [0.3, 0.4) is 0 Å². The Labute approximate surface area is 185 Å². The Morgan fingerprint density at radius 3 is 2.57 bits per heavy atom. The molecule has 0 fully saturated rings. The number of thiophene rings is 1. The van der Waals surface area contributed by atoms with E-state index in [9.17, 15) is 4.79 Å². The Balaban J connectivity index is 0.000000246. The summed E-state index contributed by atoms with van der Waals surface area (Å²) < 4.78 is 5.56. The molecule has 1 N–H and O–H groups in total. The average Bonchev–Trinajstić information content (AvgIpc) is 2.93. The number of benzene rings is 2. The van der Waals surface area contributed by atoms with Crippen LogP contribution in [0, 0.1) is 6.07 Å². The van der Waals surface area contributed by atoms with Gasteiger partial charge in [-0.1, -0.05) is 0 Å². The number of aliphatic hydroxyl groups excluding tert-OH is 1. The number of ketones is 1. The molecule has 5 aromatic rings. The first-order valence-electron chi connectivity index (χ1n) is 8.41. The zero-order chi connectivity index (χ0) is 19.0. The van der Waals surface area contributed by atoms with Gasteiger partial charge in [0.05, 0.1) is 5.76 Å². The number of nitrogens with zero attached hydrogens (tertiary/aromatic N) is 1. The molecule has 0 amide bonds. The van der Waals surface area contributed by atoms with E-state index in [4.69, 9.17) is 5.11 Å². The molecule has 0 saturated heterocycles. The molecule has 5 rings (SSSR count). The number of hydrogen-bond acceptors (Lipinski definition) is 4. The number of carbonyl (C=O) groups excluding carboxylic acids is 1. The number of aliphatic hydroxyl groups is 1. The molecule has 0 aliphatic rings. The van der Waals surface area contributed by atoms with Crippen molar-refractivity contribution in [2.45, 2.75) is 13.8 Å². The topological polar surface area (TPSA) is 50.2 Å². The van der Waals surface area contributed by atoms with Crippen LogP contribution < -0.4 is 0 Å². The molecule has 6 heteroatoms. The Kier molecular flexibility index (Phi) is 6.49. The van der Waals surface area contributed by atoms with Gasteiger partial charge in [0.25, 0.3) is 0 Å². The van der Waals surface area contributed by atoms with Crippen LogP contribution in [-0.2, 0) is 24.9 Å². The van der Waals surface area contributed by atoms with E-state index in [1.165, 1.54) is 54.0 Å². The van der Waals surface area contributed by atoms with E-state index in [1.54, 1.807) is 0 Å². The number of fused-ring (bicyclic) bond motifs is 2. The molecule has 143 valence electrons.